The van der Waals surface area contributed by atoms with E-state index in [0.29, 0.717) is 5.56 Å². The Morgan fingerprint density at radius 3 is 2.20 bits per heavy atom. The lowest BCUT2D eigenvalue weighted by atomic mass is 10.2. The fraction of sp³-hybridized carbons (Fsp3) is 0.364. The number of carbonyl (C=O) groups excluding carboxylic acids is 1. The third-order valence-corrected chi connectivity index (χ3v) is 4.29. The first kappa shape index (κ1) is 17.1. The number of hydrogen-bond acceptors (Lipinski definition) is 3. The summed E-state index contributed by atoms with van der Waals surface area (Å²) in [6, 6.07) is 4.96. The maximum atomic E-state index is 11.9. The van der Waals surface area contributed by atoms with Gasteiger partial charge in [0.25, 0.3) is 0 Å². The Balaban J connectivity index is 2.75. The highest BCUT2D eigenvalue weighted by Gasteiger charge is 2.27. The molecule has 0 amide bonds. The van der Waals surface area contributed by atoms with Crippen molar-refractivity contribution in [2.24, 2.45) is 0 Å². The number of benzene rings is 1. The smallest absolute Gasteiger partial charge is 0.293 e. The van der Waals surface area contributed by atoms with Gasteiger partial charge in [-0.3, -0.25) is 4.79 Å². The molecule has 0 aliphatic carbocycles. The number of halogens is 4. The molecule has 0 saturated carbocycles. The van der Waals surface area contributed by atoms with Gasteiger partial charge in [-0.15, -0.1) is 0 Å². The predicted octanol–water partition coefficient (Wildman–Crippen LogP) is 2.49. The Morgan fingerprint density at radius 2 is 1.75 bits per heavy atom. The lowest BCUT2D eigenvalue weighted by molar-refractivity contribution is -0.132. The van der Waals surface area contributed by atoms with Gasteiger partial charge in [-0.05, 0) is 12.1 Å². The zero-order valence-corrected chi connectivity index (χ0v) is 12.5. The molecule has 0 heterocycles. The molecule has 0 unspecified atom stereocenters. The van der Waals surface area contributed by atoms with Crippen LogP contribution in [0.3, 0.4) is 0 Å². The van der Waals surface area contributed by atoms with Crippen molar-refractivity contribution in [2.75, 3.05) is 11.9 Å². The minimum atomic E-state index is -4.42. The van der Waals surface area contributed by atoms with E-state index in [1.807, 2.05) is 4.72 Å². The SMILES string of the molecule is O=C(CBr)c1ccc(S(=O)(=O)NCCC(F)(F)F)cc1. The summed E-state index contributed by atoms with van der Waals surface area (Å²) in [4.78, 5) is 11.1. The van der Waals surface area contributed by atoms with Gasteiger partial charge in [0.15, 0.2) is 5.78 Å². The lowest BCUT2D eigenvalue weighted by Crippen LogP contribution is -2.28. The summed E-state index contributed by atoms with van der Waals surface area (Å²) in [5, 5.41) is 0.100. The highest BCUT2D eigenvalue weighted by Crippen LogP contribution is 2.19. The van der Waals surface area contributed by atoms with Crippen LogP contribution in [0.2, 0.25) is 0 Å². The maximum Gasteiger partial charge on any atom is 0.390 e. The van der Waals surface area contributed by atoms with Crippen LogP contribution in [0.15, 0.2) is 29.2 Å². The monoisotopic (exact) mass is 373 g/mol. The van der Waals surface area contributed by atoms with Crippen molar-refractivity contribution >= 4 is 31.7 Å². The van der Waals surface area contributed by atoms with Gasteiger partial charge >= 0.3 is 6.18 Å². The topological polar surface area (TPSA) is 63.2 Å². The highest BCUT2D eigenvalue weighted by molar-refractivity contribution is 9.09. The summed E-state index contributed by atoms with van der Waals surface area (Å²) in [6.07, 6.45) is -5.67. The fourth-order valence-electron chi connectivity index (χ4n) is 1.31. The zero-order chi connectivity index (χ0) is 15.4. The molecular weight excluding hydrogens is 363 g/mol. The predicted molar refractivity (Wildman–Crippen MR) is 70.4 cm³/mol. The van der Waals surface area contributed by atoms with Crippen molar-refractivity contribution in [1.82, 2.24) is 4.72 Å². The third kappa shape index (κ3) is 5.22. The molecular formula is C11H11BrF3NO3S. The van der Waals surface area contributed by atoms with Crippen molar-refractivity contribution in [1.29, 1.82) is 0 Å². The van der Waals surface area contributed by atoms with Crippen LogP contribution in [0.25, 0.3) is 0 Å². The Bertz CT molecular complexity index is 570. The van der Waals surface area contributed by atoms with Gasteiger partial charge < -0.3 is 0 Å². The number of alkyl halides is 4. The Morgan fingerprint density at radius 1 is 1.20 bits per heavy atom. The average molecular weight is 374 g/mol. The van der Waals surface area contributed by atoms with E-state index in [9.17, 15) is 26.4 Å². The quantitative estimate of drug-likeness (QED) is 0.615. The molecule has 1 aromatic rings. The minimum absolute atomic E-state index is 0.100. The maximum absolute atomic E-state index is 11.9. The molecule has 1 aromatic carbocycles. The van der Waals surface area contributed by atoms with Gasteiger partial charge in [0, 0.05) is 12.1 Å². The van der Waals surface area contributed by atoms with Crippen LogP contribution in [0.4, 0.5) is 13.2 Å². The van der Waals surface area contributed by atoms with E-state index in [4.69, 9.17) is 0 Å². The molecule has 20 heavy (non-hydrogen) atoms. The normalized spacial score (nSPS) is 12.4. The Labute approximate surface area is 122 Å². The molecule has 1 N–H and O–H groups in total. The van der Waals surface area contributed by atoms with Gasteiger partial charge in [0.1, 0.15) is 0 Å². The number of sulfonamides is 1. The number of nitrogens with one attached hydrogen (secondary N) is 1. The summed E-state index contributed by atoms with van der Waals surface area (Å²) in [6.45, 7) is -0.728. The Kier molecular flexibility index (Phi) is 5.72. The molecule has 4 nitrogen and oxygen atoms in total. The molecule has 0 spiro atoms. The minimum Gasteiger partial charge on any atom is -0.293 e. The number of carbonyl (C=O) groups is 1. The highest BCUT2D eigenvalue weighted by atomic mass is 79.9. The van der Waals surface area contributed by atoms with E-state index in [1.54, 1.807) is 0 Å². The van der Waals surface area contributed by atoms with E-state index in [2.05, 4.69) is 15.9 Å². The van der Waals surface area contributed by atoms with Gasteiger partial charge in [-0.25, -0.2) is 13.1 Å². The van der Waals surface area contributed by atoms with Crippen molar-refractivity contribution < 1.29 is 26.4 Å². The number of hydrogen-bond donors (Lipinski definition) is 1. The van der Waals surface area contributed by atoms with Crippen LogP contribution in [0, 0.1) is 0 Å². The van der Waals surface area contributed by atoms with E-state index >= 15 is 0 Å². The molecule has 1 rings (SSSR count). The Hall–Kier alpha value is -0.930. The van der Waals surface area contributed by atoms with E-state index in [0.717, 1.165) is 0 Å². The molecule has 0 aromatic heterocycles. The van der Waals surface area contributed by atoms with Crippen LogP contribution in [0.1, 0.15) is 16.8 Å². The summed E-state index contributed by atoms with van der Waals surface area (Å²) >= 11 is 2.98. The van der Waals surface area contributed by atoms with Crippen molar-refractivity contribution in [3.63, 3.8) is 0 Å². The van der Waals surface area contributed by atoms with E-state index < -0.39 is 29.2 Å². The van der Waals surface area contributed by atoms with Crippen LogP contribution < -0.4 is 4.72 Å². The van der Waals surface area contributed by atoms with Crippen molar-refractivity contribution in [2.45, 2.75) is 17.5 Å². The lowest BCUT2D eigenvalue weighted by Gasteiger charge is -2.09. The molecule has 112 valence electrons. The van der Waals surface area contributed by atoms with Crippen LogP contribution in [-0.4, -0.2) is 32.3 Å². The third-order valence-electron chi connectivity index (χ3n) is 2.31. The second-order valence-electron chi connectivity index (χ2n) is 3.84. The van der Waals surface area contributed by atoms with Gasteiger partial charge in [0.05, 0.1) is 16.6 Å². The summed E-state index contributed by atoms with van der Waals surface area (Å²) < 4.78 is 61.1. The van der Waals surface area contributed by atoms with Crippen LogP contribution in [0.5, 0.6) is 0 Å². The molecule has 0 aliphatic rings. The number of rotatable bonds is 6. The van der Waals surface area contributed by atoms with E-state index in [1.165, 1.54) is 24.3 Å². The average Bonchev–Trinajstić information content (AvgIpc) is 2.36. The van der Waals surface area contributed by atoms with Gasteiger partial charge in [-0.2, -0.15) is 13.2 Å². The number of Topliss-reactive ketones (excluding diaryl/α,β-unsaturated/α-hetero) is 1. The molecule has 0 saturated heterocycles. The standard InChI is InChI=1S/C11H11BrF3NO3S/c12-7-10(17)8-1-3-9(4-2-8)20(18,19)16-6-5-11(13,14)15/h1-4,16H,5-7H2. The summed E-state index contributed by atoms with van der Waals surface area (Å²) in [5.74, 6) is -0.223. The molecule has 0 radical (unpaired) electrons. The largest absolute Gasteiger partial charge is 0.390 e. The summed E-state index contributed by atoms with van der Waals surface area (Å²) in [7, 11) is -4.00. The first-order chi connectivity index (χ1) is 9.15. The summed E-state index contributed by atoms with van der Waals surface area (Å²) in [5.41, 5.74) is 0.316. The second kappa shape index (κ2) is 6.68. The first-order valence-electron chi connectivity index (χ1n) is 5.41. The van der Waals surface area contributed by atoms with Crippen molar-refractivity contribution in [3.05, 3.63) is 29.8 Å². The molecule has 0 fully saturated rings. The zero-order valence-electron chi connectivity index (χ0n) is 10.1. The second-order valence-corrected chi connectivity index (χ2v) is 6.17. The molecule has 0 bridgehead atoms. The molecule has 9 heteroatoms. The van der Waals surface area contributed by atoms with Gasteiger partial charge in [-0.1, -0.05) is 28.1 Å². The first-order valence-corrected chi connectivity index (χ1v) is 8.02. The number of ketones is 1. The molecule has 0 aliphatic heterocycles. The van der Waals surface area contributed by atoms with E-state index in [-0.39, 0.29) is 16.0 Å². The van der Waals surface area contributed by atoms with Crippen LogP contribution in [-0.2, 0) is 10.0 Å². The van der Waals surface area contributed by atoms with Crippen molar-refractivity contribution in [3.8, 4) is 0 Å². The van der Waals surface area contributed by atoms with Gasteiger partial charge in [0.2, 0.25) is 10.0 Å². The van der Waals surface area contributed by atoms with Crippen LogP contribution >= 0.6 is 15.9 Å². The molecule has 0 atom stereocenters. The fourth-order valence-corrected chi connectivity index (χ4v) is 2.66.